The summed E-state index contributed by atoms with van der Waals surface area (Å²) in [5, 5.41) is 3.11. The van der Waals surface area contributed by atoms with E-state index in [0.29, 0.717) is 0 Å². The number of hydrogen-bond donors (Lipinski definition) is 1. The Kier molecular flexibility index (Phi) is 17.1. The van der Waals surface area contributed by atoms with Gasteiger partial charge in [0.15, 0.2) is 0 Å². The second kappa shape index (κ2) is 17.6. The number of nitrogens with zero attached hydrogens (tertiary/aromatic N) is 1. The topological polar surface area (TPSA) is 32.3 Å². The third-order valence-corrected chi connectivity index (χ3v) is 4.41. The molecule has 0 spiro atoms. The Hall–Kier alpha value is -0.730. The minimum Gasteiger partial charge on any atom is -0.338 e. The first kappa shape index (κ1) is 22.3. The summed E-state index contributed by atoms with van der Waals surface area (Å²) >= 11 is 0. The smallest absolute Gasteiger partial charge is 0.317 e. The van der Waals surface area contributed by atoms with E-state index in [0.717, 1.165) is 51.7 Å². The summed E-state index contributed by atoms with van der Waals surface area (Å²) in [7, 11) is 0. The third-order valence-electron chi connectivity index (χ3n) is 4.41. The van der Waals surface area contributed by atoms with Crippen LogP contribution in [-0.4, -0.2) is 30.6 Å². The van der Waals surface area contributed by atoms with Crippen LogP contribution >= 0.6 is 0 Å². The van der Waals surface area contributed by atoms with Crippen LogP contribution in [0, 0.1) is 0 Å². The molecule has 0 aliphatic carbocycles. The maximum absolute atomic E-state index is 12.2. The number of nitrogens with one attached hydrogen (secondary N) is 1. The molecule has 0 saturated heterocycles. The molecule has 0 aromatic carbocycles. The number of hydrogen-bond acceptors (Lipinski definition) is 1. The molecule has 0 fully saturated rings. The van der Waals surface area contributed by atoms with Crippen LogP contribution < -0.4 is 5.32 Å². The Balaban J connectivity index is 3.57. The minimum absolute atomic E-state index is 0.145. The van der Waals surface area contributed by atoms with E-state index >= 15 is 0 Å². The average molecular weight is 327 g/mol. The second-order valence-corrected chi connectivity index (χ2v) is 6.75. The maximum Gasteiger partial charge on any atom is 0.317 e. The molecule has 0 atom stereocenters. The number of amides is 2. The largest absolute Gasteiger partial charge is 0.338 e. The predicted molar refractivity (Wildman–Crippen MR) is 102 cm³/mol. The van der Waals surface area contributed by atoms with Gasteiger partial charge in [-0.1, -0.05) is 85.0 Å². The zero-order chi connectivity index (χ0) is 17.2. The molecule has 23 heavy (non-hydrogen) atoms. The molecule has 0 aromatic heterocycles. The summed E-state index contributed by atoms with van der Waals surface area (Å²) in [5.41, 5.74) is 0. The molecule has 0 bridgehead atoms. The lowest BCUT2D eigenvalue weighted by Crippen LogP contribution is -2.41. The lowest BCUT2D eigenvalue weighted by molar-refractivity contribution is 0.196. The highest BCUT2D eigenvalue weighted by Crippen LogP contribution is 2.09. The molecule has 0 heterocycles. The number of unbranched alkanes of at least 4 members (excludes halogenated alkanes) is 10. The van der Waals surface area contributed by atoms with Crippen LogP contribution in [0.5, 0.6) is 0 Å². The number of rotatable bonds is 16. The van der Waals surface area contributed by atoms with Crippen molar-refractivity contribution in [3.05, 3.63) is 0 Å². The molecule has 0 aliphatic heterocycles. The molecule has 1 N–H and O–H groups in total. The summed E-state index contributed by atoms with van der Waals surface area (Å²) in [6.45, 7) is 9.26. The van der Waals surface area contributed by atoms with Crippen LogP contribution in [0.15, 0.2) is 0 Å². The standard InChI is InChI=1S/C20H42N2O/c1-4-7-10-11-12-13-14-15-16-17-21-20(23)22(18-8-5-2)19-9-6-3/h4-19H2,1-3H3,(H,21,23). The highest BCUT2D eigenvalue weighted by atomic mass is 16.2. The fourth-order valence-corrected chi connectivity index (χ4v) is 2.76. The number of carbonyl (C=O) groups is 1. The minimum atomic E-state index is 0.145. The second-order valence-electron chi connectivity index (χ2n) is 6.75. The van der Waals surface area contributed by atoms with E-state index in [2.05, 4.69) is 26.1 Å². The molecule has 3 nitrogen and oxygen atoms in total. The molecule has 0 radical (unpaired) electrons. The van der Waals surface area contributed by atoms with E-state index < -0.39 is 0 Å². The van der Waals surface area contributed by atoms with Crippen LogP contribution in [0.25, 0.3) is 0 Å². The van der Waals surface area contributed by atoms with Gasteiger partial charge >= 0.3 is 6.03 Å². The third kappa shape index (κ3) is 14.6. The highest BCUT2D eigenvalue weighted by Gasteiger charge is 2.11. The van der Waals surface area contributed by atoms with E-state index in [1.807, 2.05) is 4.90 Å². The molecule has 0 rings (SSSR count). The summed E-state index contributed by atoms with van der Waals surface area (Å²) in [5.74, 6) is 0. The fraction of sp³-hybridized carbons (Fsp3) is 0.950. The van der Waals surface area contributed by atoms with Gasteiger partial charge in [-0.2, -0.15) is 0 Å². The van der Waals surface area contributed by atoms with Crippen molar-refractivity contribution in [1.29, 1.82) is 0 Å². The van der Waals surface area contributed by atoms with E-state index in [9.17, 15) is 4.79 Å². The first-order chi connectivity index (χ1) is 11.3. The zero-order valence-electron chi connectivity index (χ0n) is 16.2. The van der Waals surface area contributed by atoms with Crippen molar-refractivity contribution in [3.63, 3.8) is 0 Å². The van der Waals surface area contributed by atoms with Gasteiger partial charge in [-0.05, 0) is 19.3 Å². The van der Waals surface area contributed by atoms with Crippen molar-refractivity contribution in [2.45, 2.75) is 104 Å². The summed E-state index contributed by atoms with van der Waals surface area (Å²) in [6, 6.07) is 0.145. The SMILES string of the molecule is CCCCCCCCCCCNC(=O)N(CCCC)CCCC. The van der Waals surface area contributed by atoms with Crippen LogP contribution in [0.1, 0.15) is 104 Å². The fourth-order valence-electron chi connectivity index (χ4n) is 2.76. The van der Waals surface area contributed by atoms with Gasteiger partial charge in [-0.15, -0.1) is 0 Å². The van der Waals surface area contributed by atoms with Gasteiger partial charge in [0.05, 0.1) is 0 Å². The molecule has 0 aromatic rings. The molecular formula is C20H42N2O. The normalized spacial score (nSPS) is 10.7. The monoisotopic (exact) mass is 326 g/mol. The molecule has 0 unspecified atom stereocenters. The summed E-state index contributed by atoms with van der Waals surface area (Å²) in [6.07, 6.45) is 16.4. The van der Waals surface area contributed by atoms with Gasteiger partial charge in [-0.25, -0.2) is 4.79 Å². The Bertz CT molecular complexity index is 248. The molecule has 2 amide bonds. The highest BCUT2D eigenvalue weighted by molar-refractivity contribution is 5.74. The first-order valence-corrected chi connectivity index (χ1v) is 10.3. The van der Waals surface area contributed by atoms with Crippen molar-refractivity contribution < 1.29 is 4.79 Å². The number of urea groups is 1. The lowest BCUT2D eigenvalue weighted by atomic mass is 10.1. The zero-order valence-corrected chi connectivity index (χ0v) is 16.2. The maximum atomic E-state index is 12.2. The molecule has 0 aliphatic rings. The Morgan fingerprint density at radius 2 is 1.09 bits per heavy atom. The van der Waals surface area contributed by atoms with Crippen LogP contribution in [0.2, 0.25) is 0 Å². The number of carbonyl (C=O) groups excluding carboxylic acids is 1. The van der Waals surface area contributed by atoms with E-state index in [4.69, 9.17) is 0 Å². The van der Waals surface area contributed by atoms with Gasteiger partial charge in [0.25, 0.3) is 0 Å². The summed E-state index contributed by atoms with van der Waals surface area (Å²) < 4.78 is 0. The Morgan fingerprint density at radius 3 is 1.57 bits per heavy atom. The van der Waals surface area contributed by atoms with Gasteiger partial charge in [0.1, 0.15) is 0 Å². The van der Waals surface area contributed by atoms with E-state index in [-0.39, 0.29) is 6.03 Å². The molecule has 0 saturated carbocycles. The summed E-state index contributed by atoms with van der Waals surface area (Å²) in [4.78, 5) is 14.2. The molecule has 3 heteroatoms. The van der Waals surface area contributed by atoms with Crippen LogP contribution in [0.3, 0.4) is 0 Å². The van der Waals surface area contributed by atoms with Gasteiger partial charge in [-0.3, -0.25) is 0 Å². The first-order valence-electron chi connectivity index (χ1n) is 10.3. The molecular weight excluding hydrogens is 284 g/mol. The van der Waals surface area contributed by atoms with Crippen molar-refractivity contribution >= 4 is 6.03 Å². The predicted octanol–water partition coefficient (Wildman–Crippen LogP) is 6.13. The Labute approximate surface area is 145 Å². The van der Waals surface area contributed by atoms with Crippen LogP contribution in [-0.2, 0) is 0 Å². The van der Waals surface area contributed by atoms with Crippen molar-refractivity contribution in [3.8, 4) is 0 Å². The van der Waals surface area contributed by atoms with Gasteiger partial charge in [0, 0.05) is 19.6 Å². The quantitative estimate of drug-likeness (QED) is 0.340. The lowest BCUT2D eigenvalue weighted by Gasteiger charge is -2.22. The Morgan fingerprint density at radius 1 is 0.652 bits per heavy atom. The van der Waals surface area contributed by atoms with Gasteiger partial charge in [0.2, 0.25) is 0 Å². The average Bonchev–Trinajstić information content (AvgIpc) is 2.56. The van der Waals surface area contributed by atoms with E-state index in [1.165, 1.54) is 51.4 Å². The van der Waals surface area contributed by atoms with Crippen molar-refractivity contribution in [2.24, 2.45) is 0 Å². The van der Waals surface area contributed by atoms with Gasteiger partial charge < -0.3 is 10.2 Å². The van der Waals surface area contributed by atoms with Crippen LogP contribution in [0.4, 0.5) is 4.79 Å². The van der Waals surface area contributed by atoms with Crippen molar-refractivity contribution in [2.75, 3.05) is 19.6 Å². The molecule has 138 valence electrons. The van der Waals surface area contributed by atoms with Crippen molar-refractivity contribution in [1.82, 2.24) is 10.2 Å². The van der Waals surface area contributed by atoms with E-state index in [1.54, 1.807) is 0 Å².